The maximum absolute atomic E-state index is 10.9. The van der Waals surface area contributed by atoms with Gasteiger partial charge in [0.05, 0.1) is 45.7 Å². The summed E-state index contributed by atoms with van der Waals surface area (Å²) in [5, 5.41) is 24.1. The quantitative estimate of drug-likeness (QED) is 0.128. The molecule has 0 aliphatic carbocycles. The fourth-order valence-corrected chi connectivity index (χ4v) is 15.1. The van der Waals surface area contributed by atoms with E-state index in [1.807, 2.05) is 36.4 Å². The van der Waals surface area contributed by atoms with E-state index in [1.165, 1.54) is 27.3 Å². The molecule has 1 aromatic heterocycles. The molecular weight excluding hydrogens is 1160 g/mol. The van der Waals surface area contributed by atoms with Crippen molar-refractivity contribution in [3.8, 4) is 95.7 Å². The molecule has 2 aliphatic rings. The monoisotopic (exact) mass is 1220 g/mol. The largest absolute Gasteiger partial charge is 0.310 e. The number of aromatic nitrogens is 1. The lowest BCUT2D eigenvalue weighted by Gasteiger charge is -2.46. The molecule has 450 valence electrons. The molecule has 0 saturated heterocycles. The van der Waals surface area contributed by atoms with Crippen LogP contribution in [0.15, 0.2) is 322 Å². The van der Waals surface area contributed by atoms with E-state index in [9.17, 15) is 10.5 Å². The van der Waals surface area contributed by atoms with Gasteiger partial charge < -0.3 is 14.4 Å². The highest BCUT2D eigenvalue weighted by molar-refractivity contribution is 7.00. The van der Waals surface area contributed by atoms with Crippen LogP contribution in [0.3, 0.4) is 0 Å². The lowest BCUT2D eigenvalue weighted by atomic mass is 9.33. The maximum atomic E-state index is 10.9. The number of hydrogen-bond donors (Lipinski definition) is 0. The average molecular weight is 1220 g/mol. The molecular formula is C90H62BN5. The van der Waals surface area contributed by atoms with Crippen molar-refractivity contribution in [2.45, 2.75) is 26.2 Å². The first kappa shape index (κ1) is 57.4. The summed E-state index contributed by atoms with van der Waals surface area (Å²) in [6.45, 7) is 6.75. The molecule has 0 spiro atoms. The lowest BCUT2D eigenvalue weighted by Crippen LogP contribution is -2.61. The van der Waals surface area contributed by atoms with Crippen molar-refractivity contribution in [3.63, 3.8) is 0 Å². The van der Waals surface area contributed by atoms with Crippen molar-refractivity contribution >= 4 is 79.0 Å². The van der Waals surface area contributed by atoms with Crippen molar-refractivity contribution in [1.29, 1.82) is 10.5 Å². The smallest absolute Gasteiger partial charge is 0.252 e. The van der Waals surface area contributed by atoms with Crippen LogP contribution < -0.4 is 26.2 Å². The third-order valence-electron chi connectivity index (χ3n) is 19.6. The van der Waals surface area contributed by atoms with E-state index in [-0.39, 0.29) is 12.1 Å². The predicted molar refractivity (Wildman–Crippen MR) is 401 cm³/mol. The van der Waals surface area contributed by atoms with Gasteiger partial charge in [0, 0.05) is 61.5 Å². The molecule has 0 amide bonds. The summed E-state index contributed by atoms with van der Waals surface area (Å²) >= 11 is 0. The van der Waals surface area contributed by atoms with Crippen LogP contribution in [0.5, 0.6) is 0 Å². The Bertz CT molecular complexity index is 5490. The van der Waals surface area contributed by atoms with E-state index in [4.69, 9.17) is 0 Å². The van der Waals surface area contributed by atoms with Gasteiger partial charge in [-0.3, -0.25) is 0 Å². The first-order valence-corrected chi connectivity index (χ1v) is 32.9. The van der Waals surface area contributed by atoms with Gasteiger partial charge in [-0.1, -0.05) is 263 Å². The summed E-state index contributed by atoms with van der Waals surface area (Å²) in [5.41, 5.74) is 29.3. The number of fused-ring (bicyclic) bond motifs is 7. The Balaban J connectivity index is 1.06. The SMILES string of the molecule is CC(C)(C)c1cc2c3c(c1)N(c1c(-c4ccccc4)cc(-c4ccccc4C#N)cc1-c1ccccc1)c1cc(-n4c5ccccc5c5ccccc54)ccc1B3c1ccc(-c3ccccc3)cc1N2c1c(-c2ccccc2)cc(-c2ccccc2C#N)cc1-c1ccccc1. The average Bonchev–Trinajstić information content (AvgIpc) is 0.963. The summed E-state index contributed by atoms with van der Waals surface area (Å²) in [5.74, 6) is 0. The molecule has 5 nitrogen and oxygen atoms in total. The second-order valence-corrected chi connectivity index (χ2v) is 26.2. The summed E-state index contributed by atoms with van der Waals surface area (Å²) in [6, 6.07) is 121. The first-order valence-electron chi connectivity index (χ1n) is 32.9. The maximum Gasteiger partial charge on any atom is 0.252 e. The van der Waals surface area contributed by atoms with Gasteiger partial charge in [-0.15, -0.1) is 0 Å². The van der Waals surface area contributed by atoms with Crippen molar-refractivity contribution in [2.24, 2.45) is 0 Å². The number of anilines is 6. The van der Waals surface area contributed by atoms with Gasteiger partial charge >= 0.3 is 0 Å². The zero-order chi connectivity index (χ0) is 64.6. The Morgan fingerprint density at radius 3 is 1.08 bits per heavy atom. The van der Waals surface area contributed by atoms with Gasteiger partial charge in [-0.05, 0) is 162 Å². The van der Waals surface area contributed by atoms with E-state index in [0.29, 0.717) is 11.1 Å². The molecule has 96 heavy (non-hydrogen) atoms. The Morgan fingerprint density at radius 1 is 0.302 bits per heavy atom. The molecule has 0 fully saturated rings. The Kier molecular flexibility index (Phi) is 13.9. The minimum Gasteiger partial charge on any atom is -0.310 e. The zero-order valence-corrected chi connectivity index (χ0v) is 53.4. The molecule has 14 aromatic carbocycles. The molecule has 3 heterocycles. The summed E-state index contributed by atoms with van der Waals surface area (Å²) in [6.07, 6.45) is 0. The van der Waals surface area contributed by atoms with Crippen LogP contribution in [-0.2, 0) is 5.41 Å². The standard InChI is InChI=1S/C90H62BN5/c1-90(2,3)69-54-85-87-86(55-69)96(89-77(62-33-15-7-16-34-62)51-68(72-40-22-20-38-66(72)58-93)52-78(89)63-35-17-8-18-36-63)84-56-70(94-81-43-25-23-41-73(81)74-42-24-26-44-82(74)94)46-48-80(84)91(87)79-47-45-64(59-27-9-4-10-28-59)53-83(79)95(85)88-75(60-29-11-5-12-30-60)49-67(71-39-21-19-37-65(71)57-92)50-76(88)61-31-13-6-14-32-61/h4-56H,1-3H3. The van der Waals surface area contributed by atoms with E-state index in [1.54, 1.807) is 0 Å². The third-order valence-corrected chi connectivity index (χ3v) is 19.6. The normalized spacial score (nSPS) is 12.2. The minimum atomic E-state index is -0.375. The highest BCUT2D eigenvalue weighted by Crippen LogP contribution is 2.56. The van der Waals surface area contributed by atoms with Crippen LogP contribution >= 0.6 is 0 Å². The van der Waals surface area contributed by atoms with E-state index in [0.717, 1.165) is 134 Å². The van der Waals surface area contributed by atoms with Gasteiger partial charge in [0.15, 0.2) is 0 Å². The molecule has 0 saturated carbocycles. The van der Waals surface area contributed by atoms with Crippen molar-refractivity contribution < 1.29 is 0 Å². The third kappa shape index (κ3) is 9.53. The van der Waals surface area contributed by atoms with E-state index in [2.05, 4.69) is 332 Å². The summed E-state index contributed by atoms with van der Waals surface area (Å²) in [4.78, 5) is 5.24. The topological polar surface area (TPSA) is 59.0 Å². The zero-order valence-electron chi connectivity index (χ0n) is 53.4. The number of nitrogens with zero attached hydrogens (tertiary/aromatic N) is 5. The van der Waals surface area contributed by atoms with Crippen molar-refractivity contribution in [3.05, 3.63) is 338 Å². The van der Waals surface area contributed by atoms with Gasteiger partial charge in [0.1, 0.15) is 0 Å². The van der Waals surface area contributed by atoms with E-state index < -0.39 is 0 Å². The van der Waals surface area contributed by atoms with Crippen LogP contribution in [0.1, 0.15) is 37.5 Å². The van der Waals surface area contributed by atoms with Gasteiger partial charge in [0.25, 0.3) is 6.71 Å². The van der Waals surface area contributed by atoms with Crippen LogP contribution in [-0.4, -0.2) is 11.3 Å². The fourth-order valence-electron chi connectivity index (χ4n) is 15.1. The molecule has 15 aromatic rings. The highest BCUT2D eigenvalue weighted by atomic mass is 15.2. The Hall–Kier alpha value is -12.5. The minimum absolute atomic E-state index is 0.275. The second kappa shape index (κ2) is 23.3. The predicted octanol–water partition coefficient (Wildman–Crippen LogP) is 21.6. The van der Waals surface area contributed by atoms with Gasteiger partial charge in [0.2, 0.25) is 0 Å². The van der Waals surface area contributed by atoms with Gasteiger partial charge in [-0.2, -0.15) is 10.5 Å². The molecule has 0 bridgehead atoms. The van der Waals surface area contributed by atoms with Gasteiger partial charge in [-0.25, -0.2) is 0 Å². The Morgan fingerprint density at radius 2 is 0.667 bits per heavy atom. The number of rotatable bonds is 10. The van der Waals surface area contributed by atoms with E-state index >= 15 is 0 Å². The molecule has 0 radical (unpaired) electrons. The summed E-state index contributed by atoms with van der Waals surface area (Å²) < 4.78 is 2.45. The number of benzene rings is 14. The summed E-state index contributed by atoms with van der Waals surface area (Å²) in [7, 11) is 0. The number of hydrogen-bond acceptors (Lipinski definition) is 4. The molecule has 2 aliphatic heterocycles. The van der Waals surface area contributed by atoms with Crippen LogP contribution in [0.4, 0.5) is 34.1 Å². The highest BCUT2D eigenvalue weighted by Gasteiger charge is 2.46. The molecule has 0 N–H and O–H groups in total. The first-order chi connectivity index (χ1) is 47.2. The number of para-hydroxylation sites is 2. The van der Waals surface area contributed by atoms with Crippen LogP contribution in [0.25, 0.3) is 105 Å². The van der Waals surface area contributed by atoms with Crippen LogP contribution in [0, 0.1) is 22.7 Å². The van der Waals surface area contributed by atoms with Crippen LogP contribution in [0.2, 0.25) is 0 Å². The lowest BCUT2D eigenvalue weighted by molar-refractivity contribution is 0.590. The molecule has 17 rings (SSSR count). The van der Waals surface area contributed by atoms with Crippen molar-refractivity contribution in [1.82, 2.24) is 4.57 Å². The molecule has 6 heteroatoms. The number of nitriles is 2. The van der Waals surface area contributed by atoms with Crippen molar-refractivity contribution in [2.75, 3.05) is 9.80 Å². The molecule has 0 unspecified atom stereocenters. The Labute approximate surface area is 560 Å². The second-order valence-electron chi connectivity index (χ2n) is 26.2. The fraction of sp³-hybridized carbons (Fsp3) is 0.0444. The molecule has 0 atom stereocenters.